The minimum absolute atomic E-state index is 0.177. The van der Waals surface area contributed by atoms with E-state index in [2.05, 4.69) is 4.98 Å². The Morgan fingerprint density at radius 3 is 2.52 bits per heavy atom. The van der Waals surface area contributed by atoms with Crippen molar-refractivity contribution in [1.29, 1.82) is 0 Å². The average Bonchev–Trinajstić information content (AvgIpc) is 2.65. The first-order valence-electron chi connectivity index (χ1n) is 7.99. The molecular formula is C19H15N3O5. The molecule has 0 unspecified atom stereocenters. The van der Waals surface area contributed by atoms with Gasteiger partial charge < -0.3 is 9.72 Å². The molecule has 0 amide bonds. The van der Waals surface area contributed by atoms with Gasteiger partial charge in [0.2, 0.25) is 0 Å². The Kier molecular flexibility index (Phi) is 5.27. The maximum Gasteiger partial charge on any atom is 0.357 e. The van der Waals surface area contributed by atoms with Crippen LogP contribution in [0.1, 0.15) is 16.8 Å². The van der Waals surface area contributed by atoms with Gasteiger partial charge in [0.25, 0.3) is 0 Å². The van der Waals surface area contributed by atoms with Crippen molar-refractivity contribution >= 4 is 17.8 Å². The van der Waals surface area contributed by atoms with Crippen LogP contribution in [0, 0.1) is 10.1 Å². The van der Waals surface area contributed by atoms with Gasteiger partial charge in [-0.1, -0.05) is 48.5 Å². The summed E-state index contributed by atoms with van der Waals surface area (Å²) in [7, 11) is 0. The minimum atomic E-state index is -1.05. The first-order chi connectivity index (χ1) is 13.0. The number of nitrogens with zero attached hydrogens (tertiary/aromatic N) is 1. The van der Waals surface area contributed by atoms with E-state index >= 15 is 0 Å². The quantitative estimate of drug-likeness (QED) is 0.514. The molecule has 0 aliphatic carbocycles. The highest BCUT2D eigenvalue weighted by Crippen LogP contribution is 2.18. The average molecular weight is 365 g/mol. The summed E-state index contributed by atoms with van der Waals surface area (Å²) in [6.45, 7) is 0.404. The second-order valence-corrected chi connectivity index (χ2v) is 5.61. The van der Waals surface area contributed by atoms with Crippen LogP contribution in [0.25, 0.3) is 12.2 Å². The molecule has 0 spiro atoms. The van der Waals surface area contributed by atoms with Gasteiger partial charge in [-0.05, 0) is 29.3 Å². The number of benzene rings is 2. The van der Waals surface area contributed by atoms with E-state index in [4.69, 9.17) is 4.74 Å². The molecule has 0 aliphatic rings. The minimum Gasteiger partial charge on any atom is -0.489 e. The molecule has 2 aromatic carbocycles. The largest absolute Gasteiger partial charge is 0.489 e. The summed E-state index contributed by atoms with van der Waals surface area (Å²) in [5, 5.41) is 11.0. The lowest BCUT2D eigenvalue weighted by Gasteiger charge is -2.07. The van der Waals surface area contributed by atoms with E-state index in [0.29, 0.717) is 17.9 Å². The topological polar surface area (TPSA) is 118 Å². The molecule has 3 aromatic rings. The van der Waals surface area contributed by atoms with E-state index in [9.17, 15) is 19.7 Å². The fraction of sp³-hybridized carbons (Fsp3) is 0.0526. The zero-order valence-corrected chi connectivity index (χ0v) is 14.0. The van der Waals surface area contributed by atoms with Gasteiger partial charge in [-0.2, -0.15) is 0 Å². The summed E-state index contributed by atoms with van der Waals surface area (Å²) < 4.78 is 5.73. The van der Waals surface area contributed by atoms with E-state index in [1.807, 2.05) is 35.3 Å². The van der Waals surface area contributed by atoms with E-state index in [1.165, 1.54) is 6.08 Å². The highest BCUT2D eigenvalue weighted by Gasteiger charge is 2.18. The Balaban J connectivity index is 1.81. The molecule has 0 bridgehead atoms. The molecule has 1 heterocycles. The van der Waals surface area contributed by atoms with Crippen LogP contribution in [-0.4, -0.2) is 14.9 Å². The van der Waals surface area contributed by atoms with E-state index in [-0.39, 0.29) is 5.69 Å². The Morgan fingerprint density at radius 1 is 1.00 bits per heavy atom. The third-order valence-electron chi connectivity index (χ3n) is 3.68. The fourth-order valence-electron chi connectivity index (χ4n) is 2.43. The number of ether oxygens (including phenoxy) is 1. The number of aromatic amines is 2. The van der Waals surface area contributed by atoms with Crippen LogP contribution in [0.15, 0.2) is 64.2 Å². The lowest BCUT2D eigenvalue weighted by Crippen LogP contribution is -2.25. The van der Waals surface area contributed by atoms with Crippen molar-refractivity contribution in [3.63, 3.8) is 0 Å². The summed E-state index contributed by atoms with van der Waals surface area (Å²) in [5.41, 5.74) is -1.05. The van der Waals surface area contributed by atoms with Crippen LogP contribution in [0.2, 0.25) is 0 Å². The molecule has 0 fully saturated rings. The van der Waals surface area contributed by atoms with Crippen LogP contribution >= 0.6 is 0 Å². The zero-order valence-electron chi connectivity index (χ0n) is 14.0. The molecule has 27 heavy (non-hydrogen) atoms. The fourth-order valence-corrected chi connectivity index (χ4v) is 2.43. The molecule has 136 valence electrons. The Bertz CT molecular complexity index is 1100. The van der Waals surface area contributed by atoms with Crippen molar-refractivity contribution in [3.05, 3.63) is 102 Å². The van der Waals surface area contributed by atoms with Crippen molar-refractivity contribution in [1.82, 2.24) is 9.97 Å². The van der Waals surface area contributed by atoms with Gasteiger partial charge in [0, 0.05) is 0 Å². The van der Waals surface area contributed by atoms with Crippen LogP contribution in [-0.2, 0) is 6.61 Å². The first-order valence-corrected chi connectivity index (χ1v) is 7.99. The third-order valence-corrected chi connectivity index (χ3v) is 3.68. The smallest absolute Gasteiger partial charge is 0.357 e. The molecule has 8 nitrogen and oxygen atoms in total. The Morgan fingerprint density at radius 2 is 1.78 bits per heavy atom. The number of rotatable bonds is 6. The van der Waals surface area contributed by atoms with E-state index in [1.54, 1.807) is 30.3 Å². The molecule has 0 aliphatic heterocycles. The standard InChI is InChI=1S/C19H15N3O5/c23-18-17(22(25)26)16(20-19(24)21-18)10-9-13-7-4-8-15(11-13)27-12-14-5-2-1-3-6-14/h1-11H,12H2,(H2,20,21,23,24)/b10-9-. The number of H-pyrrole nitrogens is 2. The van der Waals surface area contributed by atoms with Gasteiger partial charge in [0.05, 0.1) is 4.92 Å². The van der Waals surface area contributed by atoms with Crippen LogP contribution < -0.4 is 16.0 Å². The highest BCUT2D eigenvalue weighted by molar-refractivity contribution is 5.72. The Labute approximate surface area is 152 Å². The summed E-state index contributed by atoms with van der Waals surface area (Å²) in [6.07, 6.45) is 2.86. The maximum atomic E-state index is 11.6. The monoisotopic (exact) mass is 365 g/mol. The molecule has 0 atom stereocenters. The predicted octanol–water partition coefficient (Wildman–Crippen LogP) is 2.72. The van der Waals surface area contributed by atoms with Crippen LogP contribution in [0.3, 0.4) is 0 Å². The summed E-state index contributed by atoms with van der Waals surface area (Å²) in [6, 6.07) is 16.7. The highest BCUT2D eigenvalue weighted by atomic mass is 16.6. The van der Waals surface area contributed by atoms with Gasteiger partial charge in [-0.15, -0.1) is 0 Å². The molecule has 2 N–H and O–H groups in total. The van der Waals surface area contributed by atoms with Gasteiger partial charge in [0.1, 0.15) is 18.1 Å². The summed E-state index contributed by atoms with van der Waals surface area (Å²) >= 11 is 0. The molecule has 3 rings (SSSR count). The van der Waals surface area contributed by atoms with Gasteiger partial charge in [-0.25, -0.2) is 4.79 Å². The molecule has 0 saturated carbocycles. The van der Waals surface area contributed by atoms with Crippen LogP contribution in [0.5, 0.6) is 5.75 Å². The molecule has 8 heteroatoms. The van der Waals surface area contributed by atoms with Gasteiger partial charge in [-0.3, -0.25) is 19.9 Å². The maximum absolute atomic E-state index is 11.6. The van der Waals surface area contributed by atoms with Crippen molar-refractivity contribution < 1.29 is 9.66 Å². The second kappa shape index (κ2) is 7.96. The molecular weight excluding hydrogens is 350 g/mol. The van der Waals surface area contributed by atoms with Crippen molar-refractivity contribution in [2.45, 2.75) is 6.61 Å². The van der Waals surface area contributed by atoms with Gasteiger partial charge >= 0.3 is 16.9 Å². The number of aromatic nitrogens is 2. The van der Waals surface area contributed by atoms with E-state index < -0.39 is 21.9 Å². The molecule has 0 saturated heterocycles. The van der Waals surface area contributed by atoms with Crippen molar-refractivity contribution in [3.8, 4) is 5.75 Å². The van der Waals surface area contributed by atoms with Gasteiger partial charge in [0.15, 0.2) is 0 Å². The predicted molar refractivity (Wildman–Crippen MR) is 100 cm³/mol. The number of hydrogen-bond donors (Lipinski definition) is 2. The lowest BCUT2D eigenvalue weighted by atomic mass is 10.2. The number of hydrogen-bond acceptors (Lipinski definition) is 5. The second-order valence-electron chi connectivity index (χ2n) is 5.61. The lowest BCUT2D eigenvalue weighted by molar-refractivity contribution is -0.386. The van der Waals surface area contributed by atoms with E-state index in [0.717, 1.165) is 5.56 Å². The number of nitro groups is 1. The third kappa shape index (κ3) is 4.57. The van der Waals surface area contributed by atoms with Crippen molar-refractivity contribution in [2.24, 2.45) is 0 Å². The zero-order chi connectivity index (χ0) is 19.2. The molecule has 1 aromatic heterocycles. The normalized spacial score (nSPS) is 10.8. The summed E-state index contributed by atoms with van der Waals surface area (Å²) in [4.78, 5) is 37.3. The SMILES string of the molecule is O=c1[nH]c(/C=C\c2cccc(OCc3ccccc3)c2)c([N+](=O)[O-])c(=O)[nH]1. The summed E-state index contributed by atoms with van der Waals surface area (Å²) in [5.74, 6) is 0.620. The van der Waals surface area contributed by atoms with Crippen molar-refractivity contribution in [2.75, 3.05) is 0 Å². The Hall–Kier alpha value is -3.94. The number of nitrogens with one attached hydrogen (secondary N) is 2. The van der Waals surface area contributed by atoms with Crippen LogP contribution in [0.4, 0.5) is 5.69 Å². The molecule has 0 radical (unpaired) electrons. The first kappa shape index (κ1) is 17.9.